The van der Waals surface area contributed by atoms with Gasteiger partial charge in [-0.05, 0) is 18.8 Å². The topological polar surface area (TPSA) is 99.4 Å². The third-order valence-electron chi connectivity index (χ3n) is 3.04. The highest BCUT2D eigenvalue weighted by Gasteiger charge is 2.44. The molecule has 2 fully saturated rings. The van der Waals surface area contributed by atoms with E-state index < -0.39 is 37.3 Å². The minimum Gasteiger partial charge on any atom is -0.394 e. The van der Waals surface area contributed by atoms with Crippen molar-refractivity contribution in [3.05, 3.63) is 0 Å². The lowest BCUT2D eigenvalue weighted by atomic mass is 9.99. The van der Waals surface area contributed by atoms with Crippen LogP contribution in [0.4, 0.5) is 0 Å². The van der Waals surface area contributed by atoms with Crippen molar-refractivity contribution in [1.82, 2.24) is 0 Å². The molecule has 1 saturated heterocycles. The van der Waals surface area contributed by atoms with E-state index in [0.29, 0.717) is 12.5 Å². The maximum Gasteiger partial charge on any atom is 0.186 e. The molecule has 0 amide bonds. The highest BCUT2D eigenvalue weighted by molar-refractivity contribution is 4.89. The van der Waals surface area contributed by atoms with Gasteiger partial charge in [0.15, 0.2) is 6.29 Å². The SMILES string of the molecule is OC[C@H]1O[C@@H](OCC2CC2)[C@H](O)[C@@H](O)[C@@H]1O. The average molecular weight is 234 g/mol. The van der Waals surface area contributed by atoms with E-state index in [-0.39, 0.29) is 0 Å². The maximum atomic E-state index is 9.61. The summed E-state index contributed by atoms with van der Waals surface area (Å²) in [5.74, 6) is 0.507. The van der Waals surface area contributed by atoms with Gasteiger partial charge in [0, 0.05) is 0 Å². The van der Waals surface area contributed by atoms with Crippen molar-refractivity contribution >= 4 is 0 Å². The van der Waals surface area contributed by atoms with Gasteiger partial charge in [-0.3, -0.25) is 0 Å². The Morgan fingerprint density at radius 1 is 1.06 bits per heavy atom. The molecule has 6 nitrogen and oxygen atoms in total. The molecule has 1 aliphatic carbocycles. The third kappa shape index (κ3) is 2.53. The smallest absolute Gasteiger partial charge is 0.186 e. The van der Waals surface area contributed by atoms with E-state index in [1.807, 2.05) is 0 Å². The van der Waals surface area contributed by atoms with Crippen molar-refractivity contribution < 1.29 is 29.9 Å². The Labute approximate surface area is 93.4 Å². The van der Waals surface area contributed by atoms with Crippen LogP contribution in [0.1, 0.15) is 12.8 Å². The maximum absolute atomic E-state index is 9.61. The molecule has 0 radical (unpaired) electrons. The molecule has 4 N–H and O–H groups in total. The first-order chi connectivity index (χ1) is 7.63. The fourth-order valence-electron chi connectivity index (χ4n) is 1.72. The first kappa shape index (κ1) is 12.2. The van der Waals surface area contributed by atoms with E-state index in [0.717, 1.165) is 12.8 Å². The number of aliphatic hydroxyl groups excluding tert-OH is 4. The summed E-state index contributed by atoms with van der Waals surface area (Å²) in [6.45, 7) is 0.0525. The van der Waals surface area contributed by atoms with Gasteiger partial charge in [0.2, 0.25) is 0 Å². The molecule has 1 aliphatic heterocycles. The van der Waals surface area contributed by atoms with Gasteiger partial charge in [-0.1, -0.05) is 0 Å². The minimum atomic E-state index is -1.35. The summed E-state index contributed by atoms with van der Waals surface area (Å²) in [6, 6.07) is 0. The van der Waals surface area contributed by atoms with Gasteiger partial charge in [0.1, 0.15) is 24.4 Å². The number of ether oxygens (including phenoxy) is 2. The normalized spacial score (nSPS) is 44.6. The van der Waals surface area contributed by atoms with Crippen molar-refractivity contribution in [2.24, 2.45) is 5.92 Å². The van der Waals surface area contributed by atoms with Gasteiger partial charge in [-0.25, -0.2) is 0 Å². The predicted molar refractivity (Wildman–Crippen MR) is 52.4 cm³/mol. The Hall–Kier alpha value is -0.240. The molecule has 5 atom stereocenters. The van der Waals surface area contributed by atoms with Crippen LogP contribution in [0.5, 0.6) is 0 Å². The summed E-state index contributed by atoms with van der Waals surface area (Å²) in [5, 5.41) is 37.5. The zero-order valence-electron chi connectivity index (χ0n) is 8.90. The number of hydrogen-bond donors (Lipinski definition) is 4. The molecule has 1 saturated carbocycles. The Morgan fingerprint density at radius 3 is 2.31 bits per heavy atom. The average Bonchev–Trinajstić information content (AvgIpc) is 3.09. The van der Waals surface area contributed by atoms with Crippen molar-refractivity contribution in [2.75, 3.05) is 13.2 Å². The molecule has 6 heteroatoms. The van der Waals surface area contributed by atoms with Crippen LogP contribution in [-0.4, -0.2) is 64.3 Å². The van der Waals surface area contributed by atoms with Gasteiger partial charge >= 0.3 is 0 Å². The van der Waals surface area contributed by atoms with Crippen LogP contribution in [0.15, 0.2) is 0 Å². The first-order valence-corrected chi connectivity index (χ1v) is 5.55. The zero-order chi connectivity index (χ0) is 11.7. The Balaban J connectivity index is 1.89. The predicted octanol–water partition coefficient (Wildman–Crippen LogP) is -1.79. The van der Waals surface area contributed by atoms with Gasteiger partial charge in [0.05, 0.1) is 13.2 Å². The zero-order valence-corrected chi connectivity index (χ0v) is 8.90. The molecule has 0 aromatic carbocycles. The second kappa shape index (κ2) is 4.95. The van der Waals surface area contributed by atoms with Gasteiger partial charge in [0.25, 0.3) is 0 Å². The van der Waals surface area contributed by atoms with Crippen molar-refractivity contribution in [2.45, 2.75) is 43.5 Å². The first-order valence-electron chi connectivity index (χ1n) is 5.55. The monoisotopic (exact) mass is 234 g/mol. The van der Waals surface area contributed by atoms with Crippen molar-refractivity contribution in [3.8, 4) is 0 Å². The van der Waals surface area contributed by atoms with Crippen LogP contribution in [0, 0.1) is 5.92 Å². The molecule has 0 aromatic heterocycles. The Bertz CT molecular complexity index is 229. The van der Waals surface area contributed by atoms with E-state index in [4.69, 9.17) is 14.6 Å². The molecule has 94 valence electrons. The van der Waals surface area contributed by atoms with Crippen LogP contribution in [0.2, 0.25) is 0 Å². The fourth-order valence-corrected chi connectivity index (χ4v) is 1.72. The third-order valence-corrected chi connectivity index (χ3v) is 3.04. The molecule has 1 heterocycles. The summed E-state index contributed by atoms with van der Waals surface area (Å²) in [5.41, 5.74) is 0. The van der Waals surface area contributed by atoms with Crippen LogP contribution < -0.4 is 0 Å². The van der Waals surface area contributed by atoms with Gasteiger partial charge in [-0.15, -0.1) is 0 Å². The fraction of sp³-hybridized carbons (Fsp3) is 1.00. The Morgan fingerprint density at radius 2 is 1.75 bits per heavy atom. The van der Waals surface area contributed by atoms with Crippen LogP contribution in [-0.2, 0) is 9.47 Å². The summed E-state index contributed by atoms with van der Waals surface area (Å²) in [4.78, 5) is 0. The van der Waals surface area contributed by atoms with E-state index in [1.165, 1.54) is 0 Å². The molecule has 0 bridgehead atoms. The molecule has 2 aliphatic rings. The summed E-state index contributed by atoms with van der Waals surface area (Å²) < 4.78 is 10.5. The summed E-state index contributed by atoms with van der Waals surface area (Å²) in [6.07, 6.45) is -3.60. The van der Waals surface area contributed by atoms with E-state index in [9.17, 15) is 15.3 Å². The molecule has 0 unspecified atom stereocenters. The lowest BCUT2D eigenvalue weighted by molar-refractivity contribution is -0.301. The molecule has 0 aromatic rings. The molecular formula is C10H18O6. The Kier molecular flexibility index (Phi) is 3.78. The highest BCUT2D eigenvalue weighted by atomic mass is 16.7. The van der Waals surface area contributed by atoms with Gasteiger partial charge < -0.3 is 29.9 Å². The quantitative estimate of drug-likeness (QED) is 0.458. The second-order valence-electron chi connectivity index (χ2n) is 4.47. The summed E-state index contributed by atoms with van der Waals surface area (Å²) >= 11 is 0. The van der Waals surface area contributed by atoms with Crippen LogP contribution >= 0.6 is 0 Å². The lowest BCUT2D eigenvalue weighted by Gasteiger charge is -2.39. The van der Waals surface area contributed by atoms with Crippen molar-refractivity contribution in [1.29, 1.82) is 0 Å². The summed E-state index contributed by atoms with van der Waals surface area (Å²) in [7, 11) is 0. The van der Waals surface area contributed by atoms with E-state index in [1.54, 1.807) is 0 Å². The molecule has 0 spiro atoms. The number of aliphatic hydroxyl groups is 4. The van der Waals surface area contributed by atoms with E-state index >= 15 is 0 Å². The highest BCUT2D eigenvalue weighted by Crippen LogP contribution is 2.30. The minimum absolute atomic E-state index is 0.422. The van der Waals surface area contributed by atoms with E-state index in [2.05, 4.69) is 0 Å². The number of rotatable bonds is 4. The molecule has 2 rings (SSSR count). The van der Waals surface area contributed by atoms with Crippen LogP contribution in [0.25, 0.3) is 0 Å². The number of hydrogen-bond acceptors (Lipinski definition) is 6. The molecule has 16 heavy (non-hydrogen) atoms. The standard InChI is InChI=1S/C10H18O6/c11-3-6-7(12)8(13)9(14)10(16-6)15-4-5-1-2-5/h5-14H,1-4H2/t6-,7-,8+,9-,10-/m1/s1. The second-order valence-corrected chi connectivity index (χ2v) is 4.47. The van der Waals surface area contributed by atoms with Gasteiger partial charge in [-0.2, -0.15) is 0 Å². The lowest BCUT2D eigenvalue weighted by Crippen LogP contribution is -2.59. The largest absolute Gasteiger partial charge is 0.394 e. The van der Waals surface area contributed by atoms with Crippen molar-refractivity contribution in [3.63, 3.8) is 0 Å². The van der Waals surface area contributed by atoms with Crippen LogP contribution in [0.3, 0.4) is 0 Å². The molecular weight excluding hydrogens is 216 g/mol.